The van der Waals surface area contributed by atoms with Gasteiger partial charge in [-0.25, -0.2) is 4.98 Å². The van der Waals surface area contributed by atoms with Crippen LogP contribution in [0, 0.1) is 0 Å². The van der Waals surface area contributed by atoms with Gasteiger partial charge in [-0.2, -0.15) is 0 Å². The maximum Gasteiger partial charge on any atom is 0.348 e. The van der Waals surface area contributed by atoms with Crippen LogP contribution in [0.4, 0.5) is 0 Å². The van der Waals surface area contributed by atoms with E-state index in [1.54, 1.807) is 0 Å². The molecule has 140 valence electrons. The lowest BCUT2D eigenvalue weighted by Gasteiger charge is -2.11. The lowest BCUT2D eigenvalue weighted by atomic mass is 10.1. The number of nitrogens with one attached hydrogen (secondary N) is 1. The van der Waals surface area contributed by atoms with Crippen LogP contribution in [0.2, 0.25) is 0 Å². The molecule has 1 rings (SSSR count). The Balaban J connectivity index is 2.60. The lowest BCUT2D eigenvalue weighted by molar-refractivity contribution is -0.139. The van der Waals surface area contributed by atoms with Crippen LogP contribution < -0.4 is 5.32 Å². The van der Waals surface area contributed by atoms with Gasteiger partial charge in [0.05, 0.1) is 12.0 Å². The van der Waals surface area contributed by atoms with Gasteiger partial charge >= 0.3 is 21.2 Å². The number of hydrogen-bond acceptors (Lipinski definition) is 5. The van der Waals surface area contributed by atoms with Crippen LogP contribution in [0.3, 0.4) is 0 Å². The van der Waals surface area contributed by atoms with E-state index in [-0.39, 0.29) is 19.5 Å². The quantitative estimate of drug-likeness (QED) is 0.291. The molecule has 1 aromatic heterocycles. The van der Waals surface area contributed by atoms with Crippen LogP contribution in [0.1, 0.15) is 5.69 Å². The molecule has 13 heteroatoms. The van der Waals surface area contributed by atoms with E-state index in [9.17, 15) is 13.9 Å². The van der Waals surface area contributed by atoms with Gasteiger partial charge in [-0.05, 0) is 0 Å². The van der Waals surface area contributed by atoms with Crippen LogP contribution in [0.15, 0.2) is 36.3 Å². The summed E-state index contributed by atoms with van der Waals surface area (Å²) in [5.74, 6) is 0.295. The Bertz CT molecular complexity index is 732. The first-order valence-corrected chi connectivity index (χ1v) is 10.3. The summed E-state index contributed by atoms with van der Waals surface area (Å²) in [6.07, 6.45) is 5.36. The van der Waals surface area contributed by atoms with E-state index < -0.39 is 27.2 Å². The number of carboxylic acid groups (broad SMARTS) is 1. The van der Waals surface area contributed by atoms with Crippen molar-refractivity contribution in [3.8, 4) is 0 Å². The van der Waals surface area contributed by atoms with Crippen molar-refractivity contribution in [1.29, 1.82) is 0 Å². The largest absolute Gasteiger partial charge is 0.480 e. The molecule has 0 unspecified atom stereocenters. The number of carboxylic acids is 1. The molecule has 0 aliphatic heterocycles. The first-order valence-electron chi connectivity index (χ1n) is 6.89. The summed E-state index contributed by atoms with van der Waals surface area (Å²) < 4.78 is 22.9. The average molecular weight is 395 g/mol. The summed E-state index contributed by atoms with van der Waals surface area (Å²) in [7, 11) is -8.50. The zero-order valence-corrected chi connectivity index (χ0v) is 14.7. The zero-order chi connectivity index (χ0) is 19.1. The summed E-state index contributed by atoms with van der Waals surface area (Å²) in [6, 6.07) is -1.02. The minimum Gasteiger partial charge on any atom is -0.480 e. The van der Waals surface area contributed by atoms with Crippen molar-refractivity contribution in [3.63, 3.8) is 0 Å². The number of hydrogen-bond donors (Lipinski definition) is 6. The number of rotatable bonds is 10. The second kappa shape index (κ2) is 9.21. The Morgan fingerprint density at radius 2 is 1.80 bits per heavy atom. The maximum absolute atomic E-state index is 11.2. The van der Waals surface area contributed by atoms with Crippen LogP contribution in [-0.2, 0) is 26.9 Å². The fraction of sp³-hybridized carbons (Fsp3) is 0.333. The molecule has 0 aliphatic rings. The SMILES string of the molecule is O=C(O)[C@H](Cc1cn(CC=CP(=O)(O)O)cn1)NCC=CP(=O)(O)O. The topological polar surface area (TPSA) is 182 Å². The third-order valence-electron chi connectivity index (χ3n) is 2.80. The van der Waals surface area contributed by atoms with Crippen LogP contribution >= 0.6 is 15.2 Å². The third-order valence-corrected chi connectivity index (χ3v) is 3.99. The number of imidazole rings is 1. The first-order chi connectivity index (χ1) is 11.5. The van der Waals surface area contributed by atoms with Gasteiger partial charge in [-0.3, -0.25) is 13.9 Å². The van der Waals surface area contributed by atoms with E-state index in [0.29, 0.717) is 11.5 Å². The van der Waals surface area contributed by atoms with Crippen molar-refractivity contribution >= 4 is 21.2 Å². The van der Waals surface area contributed by atoms with E-state index in [1.807, 2.05) is 0 Å². The molecule has 0 saturated heterocycles. The van der Waals surface area contributed by atoms with Gasteiger partial charge in [0.1, 0.15) is 6.04 Å². The minimum atomic E-state index is -4.28. The van der Waals surface area contributed by atoms with Crippen molar-refractivity contribution in [3.05, 3.63) is 42.0 Å². The average Bonchev–Trinajstić information content (AvgIpc) is 2.87. The molecule has 0 fully saturated rings. The molecular weight excluding hydrogens is 376 g/mol. The highest BCUT2D eigenvalue weighted by Crippen LogP contribution is 2.36. The molecule has 11 nitrogen and oxygen atoms in total. The molecule has 1 aromatic rings. The number of nitrogens with zero attached hydrogens (tertiary/aromatic N) is 2. The monoisotopic (exact) mass is 395 g/mol. The Morgan fingerprint density at radius 3 is 2.36 bits per heavy atom. The Labute approximate surface area is 143 Å². The van der Waals surface area contributed by atoms with Gasteiger partial charge in [0, 0.05) is 37.3 Å². The van der Waals surface area contributed by atoms with Crippen LogP contribution in [0.25, 0.3) is 0 Å². The van der Waals surface area contributed by atoms with Gasteiger partial charge in [0.25, 0.3) is 0 Å². The third kappa shape index (κ3) is 10.1. The van der Waals surface area contributed by atoms with E-state index in [2.05, 4.69) is 10.3 Å². The number of aromatic nitrogens is 2. The second-order valence-corrected chi connectivity index (χ2v) is 7.97. The first kappa shape index (κ1) is 21.5. The summed E-state index contributed by atoms with van der Waals surface area (Å²) >= 11 is 0. The van der Waals surface area contributed by atoms with Crippen molar-refractivity contribution in [2.75, 3.05) is 6.54 Å². The molecule has 25 heavy (non-hydrogen) atoms. The summed E-state index contributed by atoms with van der Waals surface area (Å²) in [4.78, 5) is 50.0. The smallest absolute Gasteiger partial charge is 0.348 e. The molecular formula is C12H19N3O8P2. The van der Waals surface area contributed by atoms with Gasteiger partial charge in [-0.1, -0.05) is 12.2 Å². The second-order valence-electron chi connectivity index (χ2n) is 5.01. The molecule has 0 amide bonds. The Hall–Kier alpha value is -1.58. The minimum absolute atomic E-state index is 0.0221. The molecule has 0 bridgehead atoms. The highest BCUT2D eigenvalue weighted by molar-refractivity contribution is 7.55. The van der Waals surface area contributed by atoms with Gasteiger partial charge in [-0.15, -0.1) is 0 Å². The Kier molecular flexibility index (Phi) is 7.91. The van der Waals surface area contributed by atoms with Crippen molar-refractivity contribution in [2.45, 2.75) is 19.0 Å². The fourth-order valence-electron chi connectivity index (χ4n) is 1.77. The van der Waals surface area contributed by atoms with E-state index in [0.717, 1.165) is 11.9 Å². The molecule has 6 N–H and O–H groups in total. The van der Waals surface area contributed by atoms with Gasteiger partial charge < -0.3 is 34.6 Å². The highest BCUT2D eigenvalue weighted by Gasteiger charge is 2.18. The highest BCUT2D eigenvalue weighted by atomic mass is 31.2. The van der Waals surface area contributed by atoms with Crippen molar-refractivity contribution < 1.29 is 38.6 Å². The van der Waals surface area contributed by atoms with E-state index >= 15 is 0 Å². The fourth-order valence-corrected chi connectivity index (χ4v) is 2.52. The standard InChI is InChI=1S/C12H19N3O8P2/c16-12(17)11(13-3-1-5-24(18,19)20)7-10-8-15(9-14-10)4-2-6-25(21,22)23/h1-2,5-6,8-9,11,13H,3-4,7H2,(H,16,17)(H2,18,19,20)(H2,21,22,23)/t11-/m0/s1. The van der Waals surface area contributed by atoms with Gasteiger partial charge in [0.15, 0.2) is 0 Å². The van der Waals surface area contributed by atoms with Crippen molar-refractivity contribution in [1.82, 2.24) is 14.9 Å². The Morgan fingerprint density at radius 1 is 1.20 bits per heavy atom. The van der Waals surface area contributed by atoms with Crippen LogP contribution in [-0.4, -0.2) is 52.8 Å². The predicted molar refractivity (Wildman–Crippen MR) is 87.7 cm³/mol. The predicted octanol–water partition coefficient (Wildman–Crippen LogP) is -0.149. The van der Waals surface area contributed by atoms with Crippen LogP contribution in [0.5, 0.6) is 0 Å². The zero-order valence-electron chi connectivity index (χ0n) is 12.9. The summed E-state index contributed by atoms with van der Waals surface area (Å²) in [5.41, 5.74) is 0.434. The van der Waals surface area contributed by atoms with E-state index in [4.69, 9.17) is 24.7 Å². The van der Waals surface area contributed by atoms with E-state index in [1.165, 1.54) is 23.2 Å². The van der Waals surface area contributed by atoms with Gasteiger partial charge in [0.2, 0.25) is 0 Å². The molecule has 0 spiro atoms. The maximum atomic E-state index is 11.2. The van der Waals surface area contributed by atoms with Crippen molar-refractivity contribution in [2.24, 2.45) is 0 Å². The molecule has 1 atom stereocenters. The lowest BCUT2D eigenvalue weighted by Crippen LogP contribution is -2.38. The summed E-state index contributed by atoms with van der Waals surface area (Å²) in [5, 5.41) is 11.8. The number of allylic oxidation sites excluding steroid dienone is 1. The molecule has 0 aromatic carbocycles. The molecule has 0 radical (unpaired) electrons. The summed E-state index contributed by atoms with van der Waals surface area (Å²) in [6.45, 7) is 0.113. The normalized spacial score (nSPS) is 14.4. The molecule has 0 aliphatic carbocycles. The molecule has 1 heterocycles. The number of carbonyl (C=O) groups is 1. The molecule has 0 saturated carbocycles. The number of aliphatic carboxylic acids is 1.